The highest BCUT2D eigenvalue weighted by atomic mass is 16.3. The van der Waals surface area contributed by atoms with Crippen LogP contribution in [0.2, 0.25) is 0 Å². The molecule has 16 heavy (non-hydrogen) atoms. The highest BCUT2D eigenvalue weighted by Crippen LogP contribution is 2.34. The summed E-state index contributed by atoms with van der Waals surface area (Å²) in [5, 5.41) is 18.8. The summed E-state index contributed by atoms with van der Waals surface area (Å²) in [6.07, 6.45) is 1.67. The zero-order chi connectivity index (χ0) is 11.0. The van der Waals surface area contributed by atoms with Crippen LogP contribution in [-0.4, -0.2) is 15.3 Å². The molecule has 0 unspecified atom stereocenters. The Bertz CT molecular complexity index is 629. The van der Waals surface area contributed by atoms with E-state index in [0.717, 1.165) is 22.0 Å². The number of aromatic hydroxyl groups is 1. The maximum absolute atomic E-state index is 10.2. The Morgan fingerprint density at radius 3 is 2.69 bits per heavy atom. The minimum absolute atomic E-state index is 0.294. The second kappa shape index (κ2) is 3.38. The number of phenols is 1. The van der Waals surface area contributed by atoms with Crippen LogP contribution in [-0.2, 0) is 0 Å². The Labute approximate surface area is 92.4 Å². The third-order valence-corrected chi connectivity index (χ3v) is 2.69. The third-order valence-electron chi connectivity index (χ3n) is 2.69. The molecule has 0 aliphatic rings. The fourth-order valence-electron chi connectivity index (χ4n) is 1.88. The van der Waals surface area contributed by atoms with E-state index in [0.29, 0.717) is 5.75 Å². The molecule has 0 amide bonds. The summed E-state index contributed by atoms with van der Waals surface area (Å²) in [6, 6.07) is 13.5. The van der Waals surface area contributed by atoms with Gasteiger partial charge in [0.1, 0.15) is 5.75 Å². The second-order valence-corrected chi connectivity index (χ2v) is 3.65. The molecule has 0 saturated heterocycles. The molecule has 0 spiro atoms. The fourth-order valence-corrected chi connectivity index (χ4v) is 1.88. The van der Waals surface area contributed by atoms with Crippen LogP contribution in [0.25, 0.3) is 22.0 Å². The van der Waals surface area contributed by atoms with Gasteiger partial charge in [0.15, 0.2) is 0 Å². The lowest BCUT2D eigenvalue weighted by Gasteiger charge is -2.05. The van der Waals surface area contributed by atoms with Gasteiger partial charge in [-0.3, -0.25) is 5.10 Å². The molecule has 0 saturated carbocycles. The molecule has 1 aromatic heterocycles. The maximum Gasteiger partial charge on any atom is 0.132 e. The zero-order valence-corrected chi connectivity index (χ0v) is 8.51. The van der Waals surface area contributed by atoms with Crippen molar-refractivity contribution in [1.82, 2.24) is 10.2 Å². The van der Waals surface area contributed by atoms with Crippen LogP contribution in [0.4, 0.5) is 0 Å². The van der Waals surface area contributed by atoms with Gasteiger partial charge in [-0.05, 0) is 17.5 Å². The van der Waals surface area contributed by atoms with Crippen molar-refractivity contribution in [3.8, 4) is 17.0 Å². The first-order valence-electron chi connectivity index (χ1n) is 5.07. The van der Waals surface area contributed by atoms with E-state index in [9.17, 15) is 5.11 Å². The number of aromatic nitrogens is 2. The minimum atomic E-state index is 0.294. The lowest BCUT2D eigenvalue weighted by Crippen LogP contribution is -1.81. The van der Waals surface area contributed by atoms with Gasteiger partial charge in [-0.2, -0.15) is 5.10 Å². The van der Waals surface area contributed by atoms with Crippen LogP contribution in [0.3, 0.4) is 0 Å². The van der Waals surface area contributed by atoms with Crippen molar-refractivity contribution in [2.75, 3.05) is 0 Å². The molecule has 0 fully saturated rings. The summed E-state index contributed by atoms with van der Waals surface area (Å²) in [5.41, 5.74) is 1.60. The van der Waals surface area contributed by atoms with Crippen LogP contribution in [0.5, 0.6) is 5.75 Å². The van der Waals surface area contributed by atoms with E-state index in [2.05, 4.69) is 10.2 Å². The molecule has 3 nitrogen and oxygen atoms in total. The topological polar surface area (TPSA) is 48.9 Å². The van der Waals surface area contributed by atoms with Crippen LogP contribution in [0, 0.1) is 0 Å². The highest BCUT2D eigenvalue weighted by molar-refractivity contribution is 5.94. The number of hydrogen-bond donors (Lipinski definition) is 2. The molecule has 0 aliphatic carbocycles. The average Bonchev–Trinajstić information content (AvgIpc) is 2.83. The summed E-state index contributed by atoms with van der Waals surface area (Å²) in [7, 11) is 0. The number of H-pyrrole nitrogens is 1. The van der Waals surface area contributed by atoms with E-state index >= 15 is 0 Å². The maximum atomic E-state index is 10.2. The van der Waals surface area contributed by atoms with Gasteiger partial charge in [-0.1, -0.05) is 30.3 Å². The number of nitrogens with zero attached hydrogens (tertiary/aromatic N) is 1. The molecule has 0 bridgehead atoms. The number of benzene rings is 2. The van der Waals surface area contributed by atoms with E-state index in [1.807, 2.05) is 42.5 Å². The van der Waals surface area contributed by atoms with Crippen LogP contribution >= 0.6 is 0 Å². The Balaban J connectivity index is 2.32. The van der Waals surface area contributed by atoms with E-state index < -0.39 is 0 Å². The summed E-state index contributed by atoms with van der Waals surface area (Å²) in [6.45, 7) is 0. The first-order chi connectivity index (χ1) is 7.86. The summed E-state index contributed by atoms with van der Waals surface area (Å²) >= 11 is 0. The molecular weight excluding hydrogens is 200 g/mol. The molecule has 0 aliphatic heterocycles. The monoisotopic (exact) mass is 210 g/mol. The second-order valence-electron chi connectivity index (χ2n) is 3.65. The number of phenolic OH excluding ortho intramolecular Hbond substituents is 1. The Morgan fingerprint density at radius 2 is 1.88 bits per heavy atom. The molecular formula is C13H10N2O. The van der Waals surface area contributed by atoms with E-state index in [-0.39, 0.29) is 0 Å². The summed E-state index contributed by atoms with van der Waals surface area (Å²) in [4.78, 5) is 0. The standard InChI is InChI=1S/C13H10N2O/c16-13-10-4-2-1-3-9(10)5-6-11(13)12-7-8-14-15-12/h1-8,16H,(H,14,15). The molecule has 2 N–H and O–H groups in total. The van der Waals surface area contributed by atoms with Gasteiger partial charge in [0.2, 0.25) is 0 Å². The SMILES string of the molecule is Oc1c(-c2ccn[nH]2)ccc2ccccc12. The molecule has 1 heterocycles. The predicted molar refractivity (Wildman–Crippen MR) is 63.2 cm³/mol. The van der Waals surface area contributed by atoms with Gasteiger partial charge in [-0.15, -0.1) is 0 Å². The molecule has 0 atom stereocenters. The summed E-state index contributed by atoms with van der Waals surface area (Å²) in [5.74, 6) is 0.294. The molecule has 3 heteroatoms. The number of rotatable bonds is 1. The van der Waals surface area contributed by atoms with Crippen molar-refractivity contribution in [2.24, 2.45) is 0 Å². The van der Waals surface area contributed by atoms with Gasteiger partial charge in [-0.25, -0.2) is 0 Å². The molecule has 78 valence electrons. The summed E-state index contributed by atoms with van der Waals surface area (Å²) < 4.78 is 0. The number of hydrogen-bond acceptors (Lipinski definition) is 2. The van der Waals surface area contributed by atoms with Crippen LogP contribution < -0.4 is 0 Å². The smallest absolute Gasteiger partial charge is 0.132 e. The molecule has 3 aromatic rings. The minimum Gasteiger partial charge on any atom is -0.507 e. The highest BCUT2D eigenvalue weighted by Gasteiger charge is 2.08. The fraction of sp³-hybridized carbons (Fsp3) is 0. The average molecular weight is 210 g/mol. The molecule has 0 radical (unpaired) electrons. The van der Waals surface area contributed by atoms with Gasteiger partial charge < -0.3 is 5.11 Å². The lowest BCUT2D eigenvalue weighted by molar-refractivity contribution is 0.483. The largest absolute Gasteiger partial charge is 0.507 e. The third kappa shape index (κ3) is 1.26. The van der Waals surface area contributed by atoms with Gasteiger partial charge in [0.25, 0.3) is 0 Å². The van der Waals surface area contributed by atoms with Crippen molar-refractivity contribution in [3.63, 3.8) is 0 Å². The lowest BCUT2D eigenvalue weighted by atomic mass is 10.0. The first kappa shape index (κ1) is 8.97. The van der Waals surface area contributed by atoms with E-state index in [1.165, 1.54) is 0 Å². The number of nitrogens with one attached hydrogen (secondary N) is 1. The molecule has 3 rings (SSSR count). The van der Waals surface area contributed by atoms with Crippen LogP contribution in [0.15, 0.2) is 48.7 Å². The van der Waals surface area contributed by atoms with E-state index in [4.69, 9.17) is 0 Å². The Kier molecular flexibility index (Phi) is 1.90. The number of aromatic amines is 1. The zero-order valence-electron chi connectivity index (χ0n) is 8.51. The predicted octanol–water partition coefficient (Wildman–Crippen LogP) is 2.94. The van der Waals surface area contributed by atoms with Gasteiger partial charge >= 0.3 is 0 Å². The van der Waals surface area contributed by atoms with Crippen molar-refractivity contribution in [3.05, 3.63) is 48.7 Å². The van der Waals surface area contributed by atoms with Crippen molar-refractivity contribution in [1.29, 1.82) is 0 Å². The van der Waals surface area contributed by atoms with Crippen molar-refractivity contribution >= 4 is 10.8 Å². The normalized spacial score (nSPS) is 10.8. The first-order valence-corrected chi connectivity index (χ1v) is 5.07. The molecule has 2 aromatic carbocycles. The van der Waals surface area contributed by atoms with Gasteiger partial charge in [0, 0.05) is 17.1 Å². The van der Waals surface area contributed by atoms with Gasteiger partial charge in [0.05, 0.1) is 5.69 Å². The quantitative estimate of drug-likeness (QED) is 0.648. The number of fused-ring (bicyclic) bond motifs is 1. The van der Waals surface area contributed by atoms with E-state index in [1.54, 1.807) is 6.20 Å². The Hall–Kier alpha value is -2.29. The van der Waals surface area contributed by atoms with Crippen LogP contribution in [0.1, 0.15) is 0 Å². The van der Waals surface area contributed by atoms with Crippen molar-refractivity contribution in [2.45, 2.75) is 0 Å². The van der Waals surface area contributed by atoms with Crippen molar-refractivity contribution < 1.29 is 5.11 Å². The Morgan fingerprint density at radius 1 is 1.00 bits per heavy atom.